The van der Waals surface area contributed by atoms with Crippen molar-refractivity contribution in [2.24, 2.45) is 5.92 Å². The highest BCUT2D eigenvalue weighted by Gasteiger charge is 2.30. The molecule has 1 fully saturated rings. The number of amides is 1. The Hall–Kier alpha value is -2.14. The maximum absolute atomic E-state index is 13.0. The lowest BCUT2D eigenvalue weighted by Crippen LogP contribution is -2.46. The number of carbonyl (C=O) groups is 1. The quantitative estimate of drug-likeness (QED) is 0.858. The molecule has 3 heterocycles. The van der Waals surface area contributed by atoms with Gasteiger partial charge in [-0.15, -0.1) is 0 Å². The Kier molecular flexibility index (Phi) is 4.83. The molecule has 0 N–H and O–H groups in total. The lowest BCUT2D eigenvalue weighted by atomic mass is 9.94. The van der Waals surface area contributed by atoms with E-state index in [0.29, 0.717) is 5.91 Å². The number of hydrogen-bond donors (Lipinski definition) is 0. The van der Waals surface area contributed by atoms with E-state index in [9.17, 15) is 4.79 Å². The molecule has 0 spiro atoms. The summed E-state index contributed by atoms with van der Waals surface area (Å²) in [6, 6.07) is 10.5. The van der Waals surface area contributed by atoms with Crippen LogP contribution >= 0.6 is 0 Å². The van der Waals surface area contributed by atoms with Crippen LogP contribution in [0.3, 0.4) is 0 Å². The zero-order chi connectivity index (χ0) is 17.1. The molecule has 5 nitrogen and oxygen atoms in total. The minimum Gasteiger partial charge on any atom is -0.338 e. The molecule has 132 valence electrons. The van der Waals surface area contributed by atoms with Gasteiger partial charge in [-0.25, -0.2) is 0 Å². The number of hydrogen-bond acceptors (Lipinski definition) is 3. The predicted molar refractivity (Wildman–Crippen MR) is 97.0 cm³/mol. The molecule has 0 radical (unpaired) electrons. The van der Waals surface area contributed by atoms with Crippen LogP contribution in [0.15, 0.2) is 42.7 Å². The van der Waals surface area contributed by atoms with Gasteiger partial charge in [0.2, 0.25) is 5.91 Å². The number of rotatable bonds is 4. The summed E-state index contributed by atoms with van der Waals surface area (Å²) >= 11 is 0. The molecule has 1 aromatic heterocycles. The van der Waals surface area contributed by atoms with Crippen LogP contribution in [0.1, 0.15) is 24.0 Å². The molecule has 0 bridgehead atoms. The average Bonchev–Trinajstić information content (AvgIpc) is 3.19. The molecular formula is C20H26N4O. The normalized spacial score (nSPS) is 21.1. The lowest BCUT2D eigenvalue weighted by Gasteiger charge is -2.36. The van der Waals surface area contributed by atoms with Gasteiger partial charge in [0, 0.05) is 38.6 Å². The molecule has 0 saturated carbocycles. The van der Waals surface area contributed by atoms with Gasteiger partial charge >= 0.3 is 0 Å². The highest BCUT2D eigenvalue weighted by Crippen LogP contribution is 2.24. The number of fused-ring (bicyclic) bond motifs is 1. The summed E-state index contributed by atoms with van der Waals surface area (Å²) in [6.45, 7) is 5.48. The third-order valence-electron chi connectivity index (χ3n) is 5.50. The first-order chi connectivity index (χ1) is 12.3. The van der Waals surface area contributed by atoms with E-state index in [4.69, 9.17) is 0 Å². The molecule has 2 aromatic rings. The van der Waals surface area contributed by atoms with E-state index in [2.05, 4.69) is 39.2 Å². The molecule has 5 heteroatoms. The van der Waals surface area contributed by atoms with Crippen LogP contribution in [-0.4, -0.2) is 51.7 Å². The van der Waals surface area contributed by atoms with E-state index < -0.39 is 0 Å². The SMILES string of the molecule is O=C(C1CCCN(CCn2cccn2)C1)N1CCc2ccccc2C1. The van der Waals surface area contributed by atoms with Gasteiger partial charge in [-0.3, -0.25) is 9.48 Å². The van der Waals surface area contributed by atoms with Crippen LogP contribution in [0.5, 0.6) is 0 Å². The highest BCUT2D eigenvalue weighted by atomic mass is 16.2. The van der Waals surface area contributed by atoms with Crippen LogP contribution in [-0.2, 0) is 24.3 Å². The van der Waals surface area contributed by atoms with Crippen LogP contribution in [0.4, 0.5) is 0 Å². The zero-order valence-electron chi connectivity index (χ0n) is 14.7. The summed E-state index contributed by atoms with van der Waals surface area (Å²) in [5.74, 6) is 0.495. The molecule has 1 unspecified atom stereocenters. The molecule has 1 aromatic carbocycles. The topological polar surface area (TPSA) is 41.4 Å². The largest absolute Gasteiger partial charge is 0.338 e. The summed E-state index contributed by atoms with van der Waals surface area (Å²) < 4.78 is 1.97. The third kappa shape index (κ3) is 3.76. The zero-order valence-corrected chi connectivity index (χ0v) is 14.7. The summed E-state index contributed by atoms with van der Waals surface area (Å²) in [5.41, 5.74) is 2.71. The number of piperidine rings is 1. The Balaban J connectivity index is 1.34. The van der Waals surface area contributed by atoms with E-state index in [1.54, 1.807) is 0 Å². The molecule has 1 amide bonds. The highest BCUT2D eigenvalue weighted by molar-refractivity contribution is 5.79. The second-order valence-electron chi connectivity index (χ2n) is 7.19. The third-order valence-corrected chi connectivity index (χ3v) is 5.50. The van der Waals surface area contributed by atoms with Crippen molar-refractivity contribution in [2.75, 3.05) is 26.2 Å². The van der Waals surface area contributed by atoms with Crippen molar-refractivity contribution in [1.82, 2.24) is 19.6 Å². The predicted octanol–water partition coefficient (Wildman–Crippen LogP) is 2.18. The van der Waals surface area contributed by atoms with Crippen LogP contribution in [0.25, 0.3) is 0 Å². The van der Waals surface area contributed by atoms with Crippen molar-refractivity contribution < 1.29 is 4.79 Å². The lowest BCUT2D eigenvalue weighted by molar-refractivity contribution is -0.138. The van der Waals surface area contributed by atoms with Crippen molar-refractivity contribution >= 4 is 5.91 Å². The second-order valence-corrected chi connectivity index (χ2v) is 7.19. The van der Waals surface area contributed by atoms with Gasteiger partial charge in [-0.1, -0.05) is 24.3 Å². The van der Waals surface area contributed by atoms with Gasteiger partial charge < -0.3 is 9.80 Å². The standard InChI is InChI=1S/C20H26N4O/c25-20(23-12-8-17-5-1-2-6-18(17)16-23)19-7-3-10-22(15-19)13-14-24-11-4-9-21-24/h1-2,4-6,9,11,19H,3,7-8,10,12-16H2. The van der Waals surface area contributed by atoms with Gasteiger partial charge in [0.15, 0.2) is 0 Å². The van der Waals surface area contributed by atoms with Gasteiger partial charge in [0.1, 0.15) is 0 Å². The van der Waals surface area contributed by atoms with Crippen molar-refractivity contribution in [3.8, 4) is 0 Å². The van der Waals surface area contributed by atoms with Gasteiger partial charge in [-0.2, -0.15) is 5.10 Å². The number of likely N-dealkylation sites (tertiary alicyclic amines) is 1. The second kappa shape index (κ2) is 7.40. The molecule has 1 saturated heterocycles. The first-order valence-electron chi connectivity index (χ1n) is 9.35. The van der Waals surface area contributed by atoms with Crippen molar-refractivity contribution in [2.45, 2.75) is 32.4 Å². The molecular weight excluding hydrogens is 312 g/mol. The maximum Gasteiger partial charge on any atom is 0.227 e. The van der Waals surface area contributed by atoms with E-state index in [1.807, 2.05) is 23.1 Å². The van der Waals surface area contributed by atoms with Gasteiger partial charge in [0.25, 0.3) is 0 Å². The average molecular weight is 338 g/mol. The Morgan fingerprint density at radius 2 is 2.00 bits per heavy atom. The number of carbonyl (C=O) groups excluding carboxylic acids is 1. The van der Waals surface area contributed by atoms with Crippen molar-refractivity contribution in [3.63, 3.8) is 0 Å². The minimum absolute atomic E-state index is 0.150. The fourth-order valence-electron chi connectivity index (χ4n) is 4.08. The molecule has 1 atom stereocenters. The summed E-state index contributed by atoms with van der Waals surface area (Å²) in [7, 11) is 0. The molecule has 2 aliphatic rings. The maximum atomic E-state index is 13.0. The van der Waals surface area contributed by atoms with Gasteiger partial charge in [0.05, 0.1) is 12.5 Å². The molecule has 0 aliphatic carbocycles. The Bertz CT molecular complexity index is 712. The van der Waals surface area contributed by atoms with Crippen LogP contribution < -0.4 is 0 Å². The van der Waals surface area contributed by atoms with E-state index >= 15 is 0 Å². The fourth-order valence-corrected chi connectivity index (χ4v) is 4.08. The summed E-state index contributed by atoms with van der Waals surface area (Å²) in [6.07, 6.45) is 6.93. The molecule has 2 aliphatic heterocycles. The monoisotopic (exact) mass is 338 g/mol. The first kappa shape index (κ1) is 16.3. The van der Waals surface area contributed by atoms with Crippen molar-refractivity contribution in [3.05, 3.63) is 53.9 Å². The van der Waals surface area contributed by atoms with E-state index in [-0.39, 0.29) is 5.92 Å². The van der Waals surface area contributed by atoms with Crippen molar-refractivity contribution in [1.29, 1.82) is 0 Å². The summed E-state index contributed by atoms with van der Waals surface area (Å²) in [4.78, 5) is 17.5. The fraction of sp³-hybridized carbons (Fsp3) is 0.500. The Morgan fingerprint density at radius 3 is 2.84 bits per heavy atom. The number of nitrogens with zero attached hydrogens (tertiary/aromatic N) is 4. The van der Waals surface area contributed by atoms with Crippen LogP contribution in [0, 0.1) is 5.92 Å². The number of benzene rings is 1. The minimum atomic E-state index is 0.150. The summed E-state index contributed by atoms with van der Waals surface area (Å²) in [5, 5.41) is 4.26. The van der Waals surface area contributed by atoms with Crippen LogP contribution in [0.2, 0.25) is 0 Å². The first-order valence-corrected chi connectivity index (χ1v) is 9.35. The molecule has 25 heavy (non-hydrogen) atoms. The van der Waals surface area contributed by atoms with E-state index in [0.717, 1.165) is 58.5 Å². The number of aromatic nitrogens is 2. The Labute approximate surface area is 149 Å². The van der Waals surface area contributed by atoms with Gasteiger partial charge in [-0.05, 0) is 43.0 Å². The smallest absolute Gasteiger partial charge is 0.227 e. The molecule has 4 rings (SSSR count). The van der Waals surface area contributed by atoms with E-state index in [1.165, 1.54) is 11.1 Å². The Morgan fingerprint density at radius 1 is 1.12 bits per heavy atom.